The van der Waals surface area contributed by atoms with Crippen molar-refractivity contribution in [3.63, 3.8) is 0 Å². The predicted molar refractivity (Wildman–Crippen MR) is 105 cm³/mol. The summed E-state index contributed by atoms with van der Waals surface area (Å²) in [5.74, 6) is 0.881. The maximum atomic E-state index is 12.6. The molecule has 1 aliphatic rings. The summed E-state index contributed by atoms with van der Waals surface area (Å²) in [4.78, 5) is 17.8. The molecule has 0 saturated heterocycles. The van der Waals surface area contributed by atoms with E-state index in [1.165, 1.54) is 11.1 Å². The van der Waals surface area contributed by atoms with Crippen LogP contribution in [0.4, 0.5) is 0 Å². The first kappa shape index (κ1) is 16.7. The number of halogens is 1. The van der Waals surface area contributed by atoms with Gasteiger partial charge in [0.25, 0.3) is 5.91 Å². The maximum absolute atomic E-state index is 12.6. The quantitative estimate of drug-likeness (QED) is 0.726. The first-order valence-electron chi connectivity index (χ1n) is 8.55. The molecule has 2 aromatic carbocycles. The first-order valence-corrected chi connectivity index (χ1v) is 8.93. The minimum absolute atomic E-state index is 0.0394. The van der Waals surface area contributed by atoms with E-state index in [9.17, 15) is 4.79 Å². The molecule has 0 radical (unpaired) electrons. The van der Waals surface area contributed by atoms with Crippen LogP contribution >= 0.6 is 11.6 Å². The summed E-state index contributed by atoms with van der Waals surface area (Å²) in [6, 6.07) is 13.1. The molecule has 4 nitrogen and oxygen atoms in total. The van der Waals surface area contributed by atoms with Gasteiger partial charge in [-0.1, -0.05) is 17.7 Å². The van der Waals surface area contributed by atoms with Crippen LogP contribution in [0, 0.1) is 0 Å². The van der Waals surface area contributed by atoms with Crippen LogP contribution in [-0.2, 0) is 0 Å². The van der Waals surface area contributed by atoms with E-state index < -0.39 is 0 Å². The van der Waals surface area contributed by atoms with Gasteiger partial charge in [0.05, 0.1) is 7.11 Å². The molecule has 1 aromatic heterocycles. The lowest BCUT2D eigenvalue weighted by molar-refractivity contribution is 0.0773. The fourth-order valence-electron chi connectivity index (χ4n) is 3.37. The molecule has 1 aliphatic heterocycles. The van der Waals surface area contributed by atoms with Crippen molar-refractivity contribution in [3.05, 3.63) is 70.9 Å². The minimum atomic E-state index is 0.0394. The number of carbonyl (C=O) groups excluding carboxylic acids is 1. The Hall–Kier alpha value is -2.72. The van der Waals surface area contributed by atoms with E-state index in [1.54, 1.807) is 31.4 Å². The smallest absolute Gasteiger partial charge is 0.254 e. The summed E-state index contributed by atoms with van der Waals surface area (Å²) in [6.45, 7) is 1.30. The molecule has 5 heteroatoms. The molecule has 0 bridgehead atoms. The number of aromatic amines is 1. The van der Waals surface area contributed by atoms with Crippen molar-refractivity contribution in [3.8, 4) is 5.75 Å². The first-order chi connectivity index (χ1) is 12.7. The minimum Gasteiger partial charge on any atom is -0.497 e. The monoisotopic (exact) mass is 366 g/mol. The molecule has 0 aliphatic carbocycles. The van der Waals surface area contributed by atoms with Crippen molar-refractivity contribution in [2.75, 3.05) is 20.2 Å². The van der Waals surface area contributed by atoms with Crippen LogP contribution in [0.3, 0.4) is 0 Å². The van der Waals surface area contributed by atoms with Gasteiger partial charge in [0.1, 0.15) is 5.75 Å². The average Bonchev–Trinajstić information content (AvgIpc) is 3.11. The van der Waals surface area contributed by atoms with Crippen LogP contribution in [0.2, 0.25) is 5.02 Å². The molecule has 0 fully saturated rings. The molecular weight excluding hydrogens is 348 g/mol. The number of hydrogen-bond donors (Lipinski definition) is 1. The highest BCUT2D eigenvalue weighted by Gasteiger charge is 2.20. The third kappa shape index (κ3) is 3.08. The number of carbonyl (C=O) groups is 1. The highest BCUT2D eigenvalue weighted by molar-refractivity contribution is 6.30. The Bertz CT molecular complexity index is 989. The van der Waals surface area contributed by atoms with E-state index in [0.29, 0.717) is 23.7 Å². The van der Waals surface area contributed by atoms with Gasteiger partial charge in [-0.05, 0) is 54.5 Å². The third-order valence-corrected chi connectivity index (χ3v) is 5.07. The summed E-state index contributed by atoms with van der Waals surface area (Å²) < 4.78 is 5.34. The number of hydrogen-bond acceptors (Lipinski definition) is 2. The Morgan fingerprint density at radius 1 is 1.19 bits per heavy atom. The van der Waals surface area contributed by atoms with Gasteiger partial charge in [-0.3, -0.25) is 4.79 Å². The molecule has 0 unspecified atom stereocenters. The summed E-state index contributed by atoms with van der Waals surface area (Å²) in [6.07, 6.45) is 5.00. The van der Waals surface area contributed by atoms with Crippen molar-refractivity contribution in [1.29, 1.82) is 0 Å². The number of ether oxygens (including phenoxy) is 1. The van der Waals surface area contributed by atoms with Gasteiger partial charge >= 0.3 is 0 Å². The Morgan fingerprint density at radius 3 is 2.69 bits per heavy atom. The Kier molecular flexibility index (Phi) is 4.43. The molecule has 1 N–H and O–H groups in total. The molecule has 0 atom stereocenters. The summed E-state index contributed by atoms with van der Waals surface area (Å²) in [7, 11) is 1.67. The molecule has 132 valence electrons. The standard InChI is InChI=1S/C21H19ClN2O2/c1-26-17-6-7-20-18(12-17)19(13-23-20)14-8-10-24(11-9-14)21(25)15-2-4-16(22)5-3-15/h2-8,12-13,23H,9-11H2,1H3. The van der Waals surface area contributed by atoms with Crippen molar-refractivity contribution < 1.29 is 9.53 Å². The number of fused-ring (bicyclic) bond motifs is 1. The van der Waals surface area contributed by atoms with E-state index in [-0.39, 0.29) is 5.91 Å². The number of amides is 1. The molecule has 4 rings (SSSR count). The highest BCUT2D eigenvalue weighted by atomic mass is 35.5. The van der Waals surface area contributed by atoms with E-state index in [2.05, 4.69) is 11.1 Å². The van der Waals surface area contributed by atoms with E-state index >= 15 is 0 Å². The number of rotatable bonds is 3. The lowest BCUT2D eigenvalue weighted by atomic mass is 9.98. The topological polar surface area (TPSA) is 45.3 Å². The molecule has 26 heavy (non-hydrogen) atoms. The van der Waals surface area contributed by atoms with Gasteiger partial charge in [-0.25, -0.2) is 0 Å². The summed E-state index contributed by atoms with van der Waals surface area (Å²) in [5, 5.41) is 1.78. The number of benzene rings is 2. The van der Waals surface area contributed by atoms with Crippen LogP contribution in [0.25, 0.3) is 16.5 Å². The van der Waals surface area contributed by atoms with E-state index in [4.69, 9.17) is 16.3 Å². The van der Waals surface area contributed by atoms with Crippen LogP contribution in [0.5, 0.6) is 5.75 Å². The zero-order chi connectivity index (χ0) is 18.1. The molecule has 0 spiro atoms. The zero-order valence-electron chi connectivity index (χ0n) is 14.5. The number of H-pyrrole nitrogens is 1. The Labute approximate surface area is 157 Å². The Morgan fingerprint density at radius 2 is 2.00 bits per heavy atom. The van der Waals surface area contributed by atoms with Gasteiger partial charge < -0.3 is 14.6 Å². The highest BCUT2D eigenvalue weighted by Crippen LogP contribution is 2.31. The predicted octanol–water partition coefficient (Wildman–Crippen LogP) is 4.76. The molecule has 2 heterocycles. The zero-order valence-corrected chi connectivity index (χ0v) is 15.2. The van der Waals surface area contributed by atoms with Gasteiger partial charge in [0.15, 0.2) is 0 Å². The van der Waals surface area contributed by atoms with Crippen LogP contribution < -0.4 is 4.74 Å². The van der Waals surface area contributed by atoms with E-state index in [0.717, 1.165) is 23.1 Å². The number of methoxy groups -OCH3 is 1. The van der Waals surface area contributed by atoms with Crippen molar-refractivity contribution in [1.82, 2.24) is 9.88 Å². The second-order valence-corrected chi connectivity index (χ2v) is 6.79. The van der Waals surface area contributed by atoms with Crippen molar-refractivity contribution in [2.45, 2.75) is 6.42 Å². The fourth-order valence-corrected chi connectivity index (χ4v) is 3.49. The second kappa shape index (κ2) is 6.89. The molecule has 3 aromatic rings. The summed E-state index contributed by atoms with van der Waals surface area (Å²) in [5.41, 5.74) is 4.19. The largest absolute Gasteiger partial charge is 0.497 e. The average molecular weight is 367 g/mol. The van der Waals surface area contributed by atoms with Gasteiger partial charge in [0, 0.05) is 46.3 Å². The fraction of sp³-hybridized carbons (Fsp3) is 0.190. The second-order valence-electron chi connectivity index (χ2n) is 6.35. The maximum Gasteiger partial charge on any atom is 0.254 e. The Balaban J connectivity index is 1.56. The number of aromatic nitrogens is 1. The lowest BCUT2D eigenvalue weighted by Gasteiger charge is -2.26. The molecular formula is C21H19ClN2O2. The van der Waals surface area contributed by atoms with Gasteiger partial charge in [-0.15, -0.1) is 0 Å². The number of nitrogens with one attached hydrogen (secondary N) is 1. The van der Waals surface area contributed by atoms with Crippen molar-refractivity contribution in [2.24, 2.45) is 0 Å². The number of nitrogens with zero attached hydrogens (tertiary/aromatic N) is 1. The van der Waals surface area contributed by atoms with Crippen LogP contribution in [0.1, 0.15) is 22.3 Å². The normalized spacial score (nSPS) is 14.4. The van der Waals surface area contributed by atoms with E-state index in [1.807, 2.05) is 29.3 Å². The SMILES string of the molecule is COc1ccc2[nH]cc(C3=CCN(C(=O)c4ccc(Cl)cc4)CC3)c2c1. The van der Waals surface area contributed by atoms with Crippen LogP contribution in [0.15, 0.2) is 54.7 Å². The molecule has 0 saturated carbocycles. The van der Waals surface area contributed by atoms with Gasteiger partial charge in [-0.2, -0.15) is 0 Å². The lowest BCUT2D eigenvalue weighted by Crippen LogP contribution is -2.34. The molecule has 1 amide bonds. The summed E-state index contributed by atoms with van der Waals surface area (Å²) >= 11 is 5.90. The van der Waals surface area contributed by atoms with Crippen LogP contribution in [-0.4, -0.2) is 36.0 Å². The third-order valence-electron chi connectivity index (χ3n) is 4.82. The van der Waals surface area contributed by atoms with Gasteiger partial charge in [0.2, 0.25) is 0 Å². The van der Waals surface area contributed by atoms with Crippen molar-refractivity contribution >= 4 is 34.0 Å².